The van der Waals surface area contributed by atoms with Gasteiger partial charge in [0.1, 0.15) is 0 Å². The molecular formula is C18H24N2. The van der Waals surface area contributed by atoms with Crippen molar-refractivity contribution >= 4 is 10.8 Å². The molecule has 20 heavy (non-hydrogen) atoms. The Bertz CT molecular complexity index is 571. The van der Waals surface area contributed by atoms with Crippen LogP contribution in [0.4, 0.5) is 0 Å². The van der Waals surface area contributed by atoms with E-state index in [4.69, 9.17) is 0 Å². The van der Waals surface area contributed by atoms with Crippen LogP contribution in [-0.4, -0.2) is 25.7 Å². The Morgan fingerprint density at radius 2 is 2.00 bits per heavy atom. The summed E-state index contributed by atoms with van der Waals surface area (Å²) in [7, 11) is 0. The van der Waals surface area contributed by atoms with Crippen LogP contribution in [-0.2, 0) is 6.42 Å². The quantitative estimate of drug-likeness (QED) is 0.815. The van der Waals surface area contributed by atoms with Gasteiger partial charge in [-0.15, -0.1) is 0 Å². The normalized spacial score (nSPS) is 18.8. The average molecular weight is 268 g/mol. The van der Waals surface area contributed by atoms with E-state index < -0.39 is 0 Å². The van der Waals surface area contributed by atoms with Crippen molar-refractivity contribution in [3.8, 4) is 0 Å². The zero-order valence-electron chi connectivity index (χ0n) is 12.3. The smallest absolute Gasteiger partial charge is 0.0192 e. The van der Waals surface area contributed by atoms with Crippen LogP contribution in [0.25, 0.3) is 10.8 Å². The number of benzene rings is 2. The molecule has 0 radical (unpaired) electrons. The van der Waals surface area contributed by atoms with Crippen molar-refractivity contribution in [1.29, 1.82) is 0 Å². The topological polar surface area (TPSA) is 24.1 Å². The maximum Gasteiger partial charge on any atom is 0.0192 e. The molecular weight excluding hydrogens is 244 g/mol. The van der Waals surface area contributed by atoms with Crippen LogP contribution < -0.4 is 10.6 Å². The molecule has 2 nitrogen and oxygen atoms in total. The molecule has 2 aromatic rings. The maximum absolute atomic E-state index is 3.57. The molecule has 1 heterocycles. The zero-order chi connectivity index (χ0) is 13.8. The number of fused-ring (bicyclic) bond motifs is 1. The second kappa shape index (κ2) is 6.38. The van der Waals surface area contributed by atoms with Gasteiger partial charge in [0.2, 0.25) is 0 Å². The minimum Gasteiger partial charge on any atom is -0.315 e. The molecule has 1 aliphatic heterocycles. The van der Waals surface area contributed by atoms with Crippen molar-refractivity contribution in [2.75, 3.05) is 19.6 Å². The lowest BCUT2D eigenvalue weighted by Crippen LogP contribution is -2.34. The summed E-state index contributed by atoms with van der Waals surface area (Å²) in [5, 5.41) is 9.79. The molecule has 1 fully saturated rings. The Balaban J connectivity index is 1.53. The highest BCUT2D eigenvalue weighted by Gasteiger charge is 2.12. The highest BCUT2D eigenvalue weighted by atomic mass is 15.0. The minimum atomic E-state index is 0.689. The molecule has 106 valence electrons. The first-order valence-electron chi connectivity index (χ1n) is 7.75. The Kier molecular flexibility index (Phi) is 4.34. The maximum atomic E-state index is 3.57. The van der Waals surface area contributed by atoms with Crippen LogP contribution >= 0.6 is 0 Å². The Morgan fingerprint density at radius 3 is 2.85 bits per heavy atom. The van der Waals surface area contributed by atoms with E-state index >= 15 is 0 Å². The molecule has 3 rings (SSSR count). The zero-order valence-corrected chi connectivity index (χ0v) is 12.3. The molecule has 0 aromatic heterocycles. The summed E-state index contributed by atoms with van der Waals surface area (Å²) in [6.07, 6.45) is 3.76. The summed E-state index contributed by atoms with van der Waals surface area (Å²) in [6, 6.07) is 14.2. The van der Waals surface area contributed by atoms with Gasteiger partial charge in [-0.1, -0.05) is 42.0 Å². The van der Waals surface area contributed by atoms with Crippen LogP contribution in [0.3, 0.4) is 0 Å². The van der Waals surface area contributed by atoms with Crippen LogP contribution in [0, 0.1) is 6.92 Å². The highest BCUT2D eigenvalue weighted by Crippen LogP contribution is 2.17. The van der Waals surface area contributed by atoms with Gasteiger partial charge in [-0.2, -0.15) is 0 Å². The van der Waals surface area contributed by atoms with E-state index in [1.165, 1.54) is 41.3 Å². The molecule has 0 spiro atoms. The van der Waals surface area contributed by atoms with Crippen LogP contribution in [0.15, 0.2) is 36.4 Å². The molecule has 2 aromatic carbocycles. The molecule has 0 amide bonds. The second-order valence-corrected chi connectivity index (χ2v) is 5.93. The third kappa shape index (κ3) is 3.38. The predicted molar refractivity (Wildman–Crippen MR) is 86.3 cm³/mol. The van der Waals surface area contributed by atoms with Crippen LogP contribution in [0.2, 0.25) is 0 Å². The summed E-state index contributed by atoms with van der Waals surface area (Å²) < 4.78 is 0. The van der Waals surface area contributed by atoms with Crippen LogP contribution in [0.1, 0.15) is 24.0 Å². The molecule has 2 N–H and O–H groups in total. The molecule has 2 heteroatoms. The van der Waals surface area contributed by atoms with Gasteiger partial charge in [-0.3, -0.25) is 0 Å². The average Bonchev–Trinajstić information content (AvgIpc) is 2.97. The van der Waals surface area contributed by atoms with Gasteiger partial charge < -0.3 is 10.6 Å². The van der Waals surface area contributed by atoms with E-state index in [1.807, 2.05) is 0 Å². The van der Waals surface area contributed by atoms with E-state index in [1.54, 1.807) is 0 Å². The number of nitrogens with one attached hydrogen (secondary N) is 2. The molecule has 1 aliphatic rings. The molecule has 0 saturated carbocycles. The first kappa shape index (κ1) is 13.6. The number of hydrogen-bond donors (Lipinski definition) is 2. The molecule has 1 saturated heterocycles. The molecule has 0 aliphatic carbocycles. The van der Waals surface area contributed by atoms with Crippen molar-refractivity contribution in [2.45, 2.75) is 32.2 Å². The van der Waals surface area contributed by atoms with Gasteiger partial charge in [-0.05, 0) is 55.6 Å². The van der Waals surface area contributed by atoms with E-state index in [0.717, 1.165) is 19.5 Å². The molecule has 1 unspecified atom stereocenters. The molecule has 0 bridgehead atoms. The van der Waals surface area contributed by atoms with E-state index in [2.05, 4.69) is 54.0 Å². The fourth-order valence-corrected chi connectivity index (χ4v) is 3.01. The third-order valence-electron chi connectivity index (χ3n) is 4.20. The molecule has 1 atom stereocenters. The summed E-state index contributed by atoms with van der Waals surface area (Å²) in [5.74, 6) is 0. The van der Waals surface area contributed by atoms with E-state index in [0.29, 0.717) is 6.04 Å². The van der Waals surface area contributed by atoms with Crippen LogP contribution in [0.5, 0.6) is 0 Å². The van der Waals surface area contributed by atoms with Gasteiger partial charge >= 0.3 is 0 Å². The number of aryl methyl sites for hydroxylation is 1. The fourth-order valence-electron chi connectivity index (χ4n) is 3.01. The predicted octanol–water partition coefficient (Wildman–Crippen LogP) is 3.03. The van der Waals surface area contributed by atoms with Crippen molar-refractivity contribution in [3.05, 3.63) is 47.5 Å². The Hall–Kier alpha value is -1.38. The van der Waals surface area contributed by atoms with Gasteiger partial charge in [-0.25, -0.2) is 0 Å². The summed E-state index contributed by atoms with van der Waals surface area (Å²) in [4.78, 5) is 0. The monoisotopic (exact) mass is 268 g/mol. The largest absolute Gasteiger partial charge is 0.315 e. The standard InChI is InChI=1S/C18H24N2/c1-14-4-6-17-12-15(5-7-16(17)11-14)8-10-19-13-18-3-2-9-20-18/h4-7,11-12,18-20H,2-3,8-10,13H2,1H3. The number of rotatable bonds is 5. The van der Waals surface area contributed by atoms with Gasteiger partial charge in [0.05, 0.1) is 0 Å². The van der Waals surface area contributed by atoms with Crippen molar-refractivity contribution in [2.24, 2.45) is 0 Å². The highest BCUT2D eigenvalue weighted by molar-refractivity contribution is 5.83. The summed E-state index contributed by atoms with van der Waals surface area (Å²) in [5.41, 5.74) is 2.75. The summed E-state index contributed by atoms with van der Waals surface area (Å²) >= 11 is 0. The fraction of sp³-hybridized carbons (Fsp3) is 0.444. The Labute approximate surface area is 121 Å². The van der Waals surface area contributed by atoms with Crippen molar-refractivity contribution < 1.29 is 0 Å². The SMILES string of the molecule is Cc1ccc2cc(CCNCC3CCCN3)ccc2c1. The van der Waals surface area contributed by atoms with E-state index in [-0.39, 0.29) is 0 Å². The van der Waals surface area contributed by atoms with E-state index in [9.17, 15) is 0 Å². The van der Waals surface area contributed by atoms with Crippen molar-refractivity contribution in [1.82, 2.24) is 10.6 Å². The third-order valence-corrected chi connectivity index (χ3v) is 4.20. The lowest BCUT2D eigenvalue weighted by molar-refractivity contribution is 0.538. The first-order chi connectivity index (χ1) is 9.81. The minimum absolute atomic E-state index is 0.689. The van der Waals surface area contributed by atoms with Gasteiger partial charge in [0, 0.05) is 12.6 Å². The Morgan fingerprint density at radius 1 is 1.15 bits per heavy atom. The lowest BCUT2D eigenvalue weighted by atomic mass is 10.0. The van der Waals surface area contributed by atoms with Gasteiger partial charge in [0.25, 0.3) is 0 Å². The number of hydrogen-bond acceptors (Lipinski definition) is 2. The summed E-state index contributed by atoms with van der Waals surface area (Å²) in [6.45, 7) is 5.51. The second-order valence-electron chi connectivity index (χ2n) is 5.93. The lowest BCUT2D eigenvalue weighted by Gasteiger charge is -2.11. The van der Waals surface area contributed by atoms with Crippen molar-refractivity contribution in [3.63, 3.8) is 0 Å². The van der Waals surface area contributed by atoms with Gasteiger partial charge in [0.15, 0.2) is 0 Å². The first-order valence-corrected chi connectivity index (χ1v) is 7.75.